The van der Waals surface area contributed by atoms with Gasteiger partial charge in [0.05, 0.1) is 23.7 Å². The molecule has 0 amide bonds. The molecular formula is C14H14O4. The highest BCUT2D eigenvalue weighted by atomic mass is 16.7. The van der Waals surface area contributed by atoms with Crippen molar-refractivity contribution >= 4 is 11.0 Å². The summed E-state index contributed by atoms with van der Waals surface area (Å²) in [5, 5.41) is 0.556. The minimum Gasteiger partial charge on any atom is -0.464 e. The molecule has 1 aromatic carbocycles. The second kappa shape index (κ2) is 4.55. The number of fused-ring (bicyclic) bond motifs is 1. The molecule has 3 rings (SSSR count). The van der Waals surface area contributed by atoms with Crippen molar-refractivity contribution in [1.29, 1.82) is 0 Å². The maximum atomic E-state index is 12.3. The Bertz CT molecular complexity index is 616. The maximum Gasteiger partial charge on any atom is 0.200 e. The van der Waals surface area contributed by atoms with Crippen LogP contribution in [0.1, 0.15) is 25.2 Å². The van der Waals surface area contributed by atoms with Gasteiger partial charge >= 0.3 is 0 Å². The smallest absolute Gasteiger partial charge is 0.200 e. The lowest BCUT2D eigenvalue weighted by Gasteiger charge is -2.27. The Kier molecular flexibility index (Phi) is 2.89. The average Bonchev–Trinajstić information content (AvgIpc) is 2.39. The Morgan fingerprint density at radius 2 is 2.11 bits per heavy atom. The first-order chi connectivity index (χ1) is 8.75. The van der Waals surface area contributed by atoms with Crippen LogP contribution in [0.15, 0.2) is 39.7 Å². The lowest BCUT2D eigenvalue weighted by molar-refractivity contribution is -0.213. The third-order valence-electron chi connectivity index (χ3n) is 3.11. The maximum absolute atomic E-state index is 12.3. The first-order valence-electron chi connectivity index (χ1n) is 6.03. The van der Waals surface area contributed by atoms with Gasteiger partial charge in [-0.15, -0.1) is 0 Å². The Labute approximate surface area is 104 Å². The van der Waals surface area contributed by atoms with E-state index in [1.54, 1.807) is 12.1 Å². The third-order valence-corrected chi connectivity index (χ3v) is 3.11. The van der Waals surface area contributed by atoms with E-state index in [0.29, 0.717) is 23.1 Å². The van der Waals surface area contributed by atoms with Gasteiger partial charge < -0.3 is 13.9 Å². The predicted molar refractivity (Wildman–Crippen MR) is 66.3 cm³/mol. The Morgan fingerprint density at radius 3 is 2.94 bits per heavy atom. The first-order valence-corrected chi connectivity index (χ1v) is 6.03. The molecule has 0 aliphatic carbocycles. The molecule has 1 saturated heterocycles. The quantitative estimate of drug-likeness (QED) is 0.776. The molecule has 4 heteroatoms. The van der Waals surface area contributed by atoms with Gasteiger partial charge in [-0.3, -0.25) is 4.79 Å². The van der Waals surface area contributed by atoms with Crippen molar-refractivity contribution in [2.45, 2.75) is 25.7 Å². The first kappa shape index (κ1) is 11.4. The summed E-state index contributed by atoms with van der Waals surface area (Å²) in [5.41, 5.74) is 0.923. The zero-order valence-corrected chi connectivity index (χ0v) is 10.1. The zero-order valence-electron chi connectivity index (χ0n) is 10.1. The summed E-state index contributed by atoms with van der Waals surface area (Å²) in [6.45, 7) is 2.57. The molecule has 0 bridgehead atoms. The van der Waals surface area contributed by atoms with E-state index in [4.69, 9.17) is 13.9 Å². The second-order valence-corrected chi connectivity index (χ2v) is 4.45. The summed E-state index contributed by atoms with van der Waals surface area (Å²) < 4.78 is 16.6. The summed E-state index contributed by atoms with van der Waals surface area (Å²) >= 11 is 0. The van der Waals surface area contributed by atoms with Crippen LogP contribution >= 0.6 is 0 Å². The average molecular weight is 246 g/mol. The number of rotatable bonds is 1. The zero-order chi connectivity index (χ0) is 12.5. The van der Waals surface area contributed by atoms with E-state index in [1.165, 1.54) is 6.26 Å². The Balaban J connectivity index is 2.07. The van der Waals surface area contributed by atoms with E-state index in [1.807, 2.05) is 19.1 Å². The van der Waals surface area contributed by atoms with Crippen molar-refractivity contribution < 1.29 is 13.9 Å². The number of ether oxygens (including phenoxy) is 2. The summed E-state index contributed by atoms with van der Waals surface area (Å²) in [6, 6.07) is 7.16. The molecule has 2 atom stereocenters. The highest BCUT2D eigenvalue weighted by Crippen LogP contribution is 2.25. The minimum atomic E-state index is -0.616. The summed E-state index contributed by atoms with van der Waals surface area (Å²) in [4.78, 5) is 12.3. The molecule has 0 unspecified atom stereocenters. The number of hydrogen-bond donors (Lipinski definition) is 0. The fourth-order valence-electron chi connectivity index (χ4n) is 2.08. The van der Waals surface area contributed by atoms with Gasteiger partial charge in [-0.2, -0.15) is 0 Å². The molecule has 1 fully saturated rings. The van der Waals surface area contributed by atoms with Crippen molar-refractivity contribution in [1.82, 2.24) is 0 Å². The molecular weight excluding hydrogens is 232 g/mol. The van der Waals surface area contributed by atoms with E-state index >= 15 is 0 Å². The number of hydrogen-bond acceptors (Lipinski definition) is 4. The van der Waals surface area contributed by atoms with Gasteiger partial charge in [0.1, 0.15) is 11.8 Å². The van der Waals surface area contributed by atoms with E-state index in [-0.39, 0.29) is 11.5 Å². The van der Waals surface area contributed by atoms with Gasteiger partial charge in [0.2, 0.25) is 5.43 Å². The van der Waals surface area contributed by atoms with Crippen LogP contribution in [0.25, 0.3) is 11.0 Å². The fourth-order valence-corrected chi connectivity index (χ4v) is 2.08. The second-order valence-electron chi connectivity index (χ2n) is 4.45. The summed E-state index contributed by atoms with van der Waals surface area (Å²) in [6.07, 6.45) is 1.76. The van der Waals surface area contributed by atoms with Crippen molar-refractivity contribution in [3.63, 3.8) is 0 Å². The van der Waals surface area contributed by atoms with Gasteiger partial charge in [-0.25, -0.2) is 0 Å². The van der Waals surface area contributed by atoms with E-state index in [9.17, 15) is 4.79 Å². The van der Waals surface area contributed by atoms with Crippen molar-refractivity contribution in [3.8, 4) is 0 Å². The molecule has 2 aromatic rings. The standard InChI is InChI=1S/C14H14O4/c1-9-6-7-16-14(18-9)11-8-17-12-5-3-2-4-10(12)13(11)15/h2-5,8-9,14H,6-7H2,1H3/t9-,14-/m0/s1. The largest absolute Gasteiger partial charge is 0.464 e. The van der Waals surface area contributed by atoms with Crippen LogP contribution in [-0.4, -0.2) is 12.7 Å². The van der Waals surface area contributed by atoms with Crippen molar-refractivity contribution in [3.05, 3.63) is 46.3 Å². The normalized spacial score (nSPS) is 24.3. The summed E-state index contributed by atoms with van der Waals surface area (Å²) in [5.74, 6) is 0. The molecule has 2 heterocycles. The molecule has 0 spiro atoms. The van der Waals surface area contributed by atoms with Gasteiger partial charge in [0.15, 0.2) is 6.29 Å². The van der Waals surface area contributed by atoms with Gasteiger partial charge in [-0.05, 0) is 25.5 Å². The molecule has 0 saturated carbocycles. The van der Waals surface area contributed by atoms with Crippen LogP contribution < -0.4 is 5.43 Å². The number of para-hydroxylation sites is 1. The van der Waals surface area contributed by atoms with Crippen molar-refractivity contribution in [2.24, 2.45) is 0 Å². The molecule has 1 aromatic heterocycles. The monoisotopic (exact) mass is 246 g/mol. The van der Waals surface area contributed by atoms with Crippen LogP contribution in [0.3, 0.4) is 0 Å². The van der Waals surface area contributed by atoms with Gasteiger partial charge in [0, 0.05) is 0 Å². The molecule has 1 aliphatic rings. The van der Waals surface area contributed by atoms with E-state index in [0.717, 1.165) is 6.42 Å². The van der Waals surface area contributed by atoms with Gasteiger partial charge in [-0.1, -0.05) is 12.1 Å². The molecule has 1 aliphatic heterocycles. The highest BCUT2D eigenvalue weighted by Gasteiger charge is 2.25. The van der Waals surface area contributed by atoms with Crippen LogP contribution in [-0.2, 0) is 9.47 Å². The minimum absolute atomic E-state index is 0.0871. The number of benzene rings is 1. The fraction of sp³-hybridized carbons (Fsp3) is 0.357. The van der Waals surface area contributed by atoms with Crippen LogP contribution in [0.4, 0.5) is 0 Å². The predicted octanol–water partition coefficient (Wildman–Crippen LogP) is 2.62. The van der Waals surface area contributed by atoms with Gasteiger partial charge in [0.25, 0.3) is 0 Å². The van der Waals surface area contributed by atoms with Crippen LogP contribution in [0, 0.1) is 0 Å². The third kappa shape index (κ3) is 1.94. The lowest BCUT2D eigenvalue weighted by Crippen LogP contribution is -2.28. The molecule has 0 N–H and O–H groups in total. The molecule has 0 radical (unpaired) electrons. The molecule has 94 valence electrons. The molecule has 4 nitrogen and oxygen atoms in total. The Hall–Kier alpha value is -1.65. The highest BCUT2D eigenvalue weighted by molar-refractivity contribution is 5.76. The van der Waals surface area contributed by atoms with Crippen LogP contribution in [0.5, 0.6) is 0 Å². The summed E-state index contributed by atoms with van der Waals surface area (Å²) in [7, 11) is 0. The SMILES string of the molecule is C[C@H]1CCO[C@H](c2coc3ccccc3c2=O)O1. The molecule has 18 heavy (non-hydrogen) atoms. The Morgan fingerprint density at radius 1 is 1.28 bits per heavy atom. The van der Waals surface area contributed by atoms with E-state index in [2.05, 4.69) is 0 Å². The van der Waals surface area contributed by atoms with Crippen molar-refractivity contribution in [2.75, 3.05) is 6.61 Å². The topological polar surface area (TPSA) is 48.7 Å². The lowest BCUT2D eigenvalue weighted by atomic mass is 10.1. The van der Waals surface area contributed by atoms with Crippen LogP contribution in [0.2, 0.25) is 0 Å². The van der Waals surface area contributed by atoms with E-state index < -0.39 is 6.29 Å².